The lowest BCUT2D eigenvalue weighted by Gasteiger charge is -2.21. The van der Waals surface area contributed by atoms with Crippen molar-refractivity contribution in [1.29, 1.82) is 0 Å². The molecule has 120 valence electrons. The predicted octanol–water partition coefficient (Wildman–Crippen LogP) is 5.29. The summed E-state index contributed by atoms with van der Waals surface area (Å²) in [6, 6.07) is 27.4. The summed E-state index contributed by atoms with van der Waals surface area (Å²) in [5, 5.41) is 0. The molecule has 0 atom stereocenters. The lowest BCUT2D eigenvalue weighted by atomic mass is 9.81. The van der Waals surface area contributed by atoms with E-state index < -0.39 is 0 Å². The van der Waals surface area contributed by atoms with Crippen LogP contribution in [0.4, 0.5) is 17.1 Å². The van der Waals surface area contributed by atoms with Crippen molar-refractivity contribution in [2.45, 2.75) is 19.3 Å². The molecule has 0 unspecified atom stereocenters. The zero-order chi connectivity index (χ0) is 17.2. The summed E-state index contributed by atoms with van der Waals surface area (Å²) < 4.78 is 4.28. The van der Waals surface area contributed by atoms with E-state index >= 15 is 0 Å². The van der Waals surface area contributed by atoms with Crippen LogP contribution in [0.25, 0.3) is 11.1 Å². The molecule has 0 amide bonds. The van der Waals surface area contributed by atoms with Crippen LogP contribution in [-0.2, 0) is 5.41 Å². The van der Waals surface area contributed by atoms with Gasteiger partial charge in [0.25, 0.3) is 11.4 Å². The molecule has 0 aromatic heterocycles. The molecular weight excluding hydrogens is 304 g/mol. The Balaban J connectivity index is 1.83. The number of fused-ring (bicyclic) bond motifs is 4. The molecule has 2 nitrogen and oxygen atoms in total. The van der Waals surface area contributed by atoms with E-state index in [2.05, 4.69) is 103 Å². The Morgan fingerprint density at radius 2 is 1.36 bits per heavy atom. The molecule has 0 N–H and O–H groups in total. The number of nitrogens with zero attached hydrogens (tertiary/aromatic N) is 2. The number of rotatable bonds is 1. The average molecular weight is 324 g/mol. The summed E-state index contributed by atoms with van der Waals surface area (Å²) in [4.78, 5) is 0. The van der Waals surface area contributed by atoms with Crippen molar-refractivity contribution >= 4 is 23.1 Å². The number of hydrogen-bond acceptors (Lipinski definition) is 0. The van der Waals surface area contributed by atoms with Crippen LogP contribution in [0.2, 0.25) is 0 Å². The largest absolute Gasteiger partial charge is 0.496 e. The van der Waals surface area contributed by atoms with Crippen molar-refractivity contribution in [2.24, 2.45) is 0 Å². The molecule has 0 saturated heterocycles. The van der Waals surface area contributed by atoms with E-state index in [1.807, 2.05) is 0 Å². The van der Waals surface area contributed by atoms with Gasteiger partial charge >= 0.3 is 6.01 Å². The highest BCUT2D eigenvalue weighted by atomic mass is 15.2. The van der Waals surface area contributed by atoms with E-state index in [9.17, 15) is 0 Å². The lowest BCUT2D eigenvalue weighted by molar-refractivity contribution is -0.394. The fraction of sp³-hybridized carbons (Fsp3) is 0.174. The van der Waals surface area contributed by atoms with Gasteiger partial charge in [-0.3, -0.25) is 0 Å². The molecule has 2 aliphatic rings. The van der Waals surface area contributed by atoms with Crippen molar-refractivity contribution in [3.8, 4) is 11.1 Å². The molecule has 25 heavy (non-hydrogen) atoms. The first-order valence-corrected chi connectivity index (χ1v) is 8.71. The summed E-state index contributed by atoms with van der Waals surface area (Å²) in [6.07, 6.45) is 0. The third kappa shape index (κ3) is 1.80. The molecule has 0 fully saturated rings. The molecule has 0 bridgehead atoms. The van der Waals surface area contributed by atoms with Crippen LogP contribution in [-0.4, -0.2) is 17.6 Å². The smallest absolute Gasteiger partial charge is 0.0894 e. The summed E-state index contributed by atoms with van der Waals surface area (Å²) in [5.74, 6) is 0. The van der Waals surface area contributed by atoms with Crippen LogP contribution in [0, 0.1) is 0 Å². The zero-order valence-corrected chi connectivity index (χ0v) is 14.7. The molecule has 0 saturated carbocycles. The van der Waals surface area contributed by atoms with Crippen molar-refractivity contribution in [3.05, 3.63) is 77.9 Å². The Bertz CT molecular complexity index is 1110. The van der Waals surface area contributed by atoms with Gasteiger partial charge in [0.1, 0.15) is 0 Å². The Morgan fingerprint density at radius 1 is 0.720 bits per heavy atom. The summed E-state index contributed by atoms with van der Waals surface area (Å²) in [5.41, 5.74) is 9.04. The van der Waals surface area contributed by atoms with E-state index in [-0.39, 0.29) is 5.41 Å². The van der Waals surface area contributed by atoms with Crippen LogP contribution < -0.4 is 4.58 Å². The maximum Gasteiger partial charge on any atom is 0.496 e. The summed E-state index contributed by atoms with van der Waals surface area (Å²) in [7, 11) is 2.06. The van der Waals surface area contributed by atoms with Gasteiger partial charge in [0, 0.05) is 29.2 Å². The van der Waals surface area contributed by atoms with Crippen LogP contribution in [0.3, 0.4) is 0 Å². The predicted molar refractivity (Wildman–Crippen MR) is 103 cm³/mol. The SMILES string of the molecule is C[N+]1=C=[N+](c2cccc3c2C(C)(C)c2ccccc2-3)c2ccccc21. The van der Waals surface area contributed by atoms with E-state index in [4.69, 9.17) is 0 Å². The topological polar surface area (TPSA) is 6.02 Å². The second kappa shape index (κ2) is 4.78. The average Bonchev–Trinajstić information content (AvgIpc) is 3.09. The minimum atomic E-state index is -0.0275. The number of para-hydroxylation sites is 2. The molecule has 0 spiro atoms. The second-order valence-electron chi connectivity index (χ2n) is 7.35. The highest BCUT2D eigenvalue weighted by Gasteiger charge is 2.43. The highest BCUT2D eigenvalue weighted by Crippen LogP contribution is 2.52. The Kier molecular flexibility index (Phi) is 2.75. The normalized spacial score (nSPS) is 16.0. The van der Waals surface area contributed by atoms with Crippen molar-refractivity contribution in [2.75, 3.05) is 7.05 Å². The van der Waals surface area contributed by atoms with Gasteiger partial charge in [-0.05, 0) is 21.3 Å². The molecule has 0 radical (unpaired) electrons. The van der Waals surface area contributed by atoms with E-state index in [0.29, 0.717) is 0 Å². The fourth-order valence-corrected chi connectivity index (χ4v) is 4.38. The Hall–Kier alpha value is -2.96. The van der Waals surface area contributed by atoms with E-state index in [1.165, 1.54) is 39.3 Å². The Morgan fingerprint density at radius 3 is 2.20 bits per heavy atom. The van der Waals surface area contributed by atoms with Gasteiger partial charge in [0.15, 0.2) is 7.05 Å². The van der Waals surface area contributed by atoms with E-state index in [1.54, 1.807) is 0 Å². The minimum Gasteiger partial charge on any atom is -0.0894 e. The van der Waals surface area contributed by atoms with Crippen LogP contribution in [0.5, 0.6) is 0 Å². The number of hydrogen-bond donors (Lipinski definition) is 0. The van der Waals surface area contributed by atoms with Gasteiger partial charge in [-0.25, -0.2) is 0 Å². The molecule has 2 heteroatoms. The molecule has 3 aromatic rings. The molecular formula is C23H20N2+2. The maximum atomic E-state index is 3.50. The van der Waals surface area contributed by atoms with Crippen LogP contribution in [0.15, 0.2) is 66.7 Å². The third-order valence-electron chi connectivity index (χ3n) is 5.53. The van der Waals surface area contributed by atoms with Crippen LogP contribution in [0.1, 0.15) is 25.0 Å². The molecule has 1 heterocycles. The zero-order valence-electron chi connectivity index (χ0n) is 14.7. The van der Waals surface area contributed by atoms with Crippen molar-refractivity contribution in [1.82, 2.24) is 4.58 Å². The Labute approximate surface area is 148 Å². The second-order valence-corrected chi connectivity index (χ2v) is 7.35. The fourth-order valence-electron chi connectivity index (χ4n) is 4.38. The molecule has 1 aliphatic carbocycles. The minimum absolute atomic E-state index is 0.0275. The first-order valence-electron chi connectivity index (χ1n) is 8.71. The lowest BCUT2D eigenvalue weighted by Crippen LogP contribution is -2.18. The van der Waals surface area contributed by atoms with Gasteiger partial charge in [-0.15, -0.1) is 0 Å². The van der Waals surface area contributed by atoms with Gasteiger partial charge in [0.05, 0.1) is 0 Å². The standard InChI is InChI=1S/C23H20N2/c1-23(2)18-11-5-4-9-16(18)17-10-8-14-21(22(17)23)25-15-24(3)19-12-6-7-13-20(19)25/h4-14H,1-3H3/q+2. The summed E-state index contributed by atoms with van der Waals surface area (Å²) >= 11 is 0. The van der Waals surface area contributed by atoms with Gasteiger partial charge in [-0.1, -0.05) is 67.0 Å². The highest BCUT2D eigenvalue weighted by molar-refractivity contribution is 5.87. The molecule has 5 rings (SSSR count). The third-order valence-corrected chi connectivity index (χ3v) is 5.53. The summed E-state index contributed by atoms with van der Waals surface area (Å²) in [6.45, 7) is 4.65. The van der Waals surface area contributed by atoms with Crippen molar-refractivity contribution in [3.63, 3.8) is 0 Å². The molecule has 1 aliphatic heterocycles. The van der Waals surface area contributed by atoms with Crippen LogP contribution >= 0.6 is 0 Å². The maximum absolute atomic E-state index is 3.50. The number of benzene rings is 3. The van der Waals surface area contributed by atoms with E-state index in [0.717, 1.165) is 0 Å². The quantitative estimate of drug-likeness (QED) is 0.537. The van der Waals surface area contributed by atoms with Gasteiger partial charge in [-0.2, -0.15) is 0 Å². The van der Waals surface area contributed by atoms with Gasteiger partial charge < -0.3 is 0 Å². The monoisotopic (exact) mass is 324 g/mol. The van der Waals surface area contributed by atoms with Gasteiger partial charge in [0.2, 0.25) is 5.69 Å². The molecule has 3 aromatic carbocycles. The van der Waals surface area contributed by atoms with Crippen molar-refractivity contribution < 1.29 is 4.58 Å². The first kappa shape index (κ1) is 14.4. The first-order chi connectivity index (χ1) is 12.1.